The largest absolute Gasteiger partial charge is 0.397 e. The van der Waals surface area contributed by atoms with E-state index in [1.807, 2.05) is 0 Å². The predicted molar refractivity (Wildman–Crippen MR) is 63.0 cm³/mol. The van der Waals surface area contributed by atoms with E-state index in [1.54, 1.807) is 36.1 Å². The number of nitrogen functional groups attached to an aromatic ring is 1. The minimum absolute atomic E-state index is 0.178. The predicted octanol–water partition coefficient (Wildman–Crippen LogP) is 0.327. The van der Waals surface area contributed by atoms with E-state index in [1.165, 1.54) is 6.33 Å². The highest BCUT2D eigenvalue weighted by molar-refractivity contribution is 5.93. The summed E-state index contributed by atoms with van der Waals surface area (Å²) in [4.78, 5) is 19.6. The third-order valence-corrected chi connectivity index (χ3v) is 2.33. The van der Waals surface area contributed by atoms with Crippen LogP contribution >= 0.6 is 0 Å². The summed E-state index contributed by atoms with van der Waals surface area (Å²) >= 11 is 0. The maximum atomic E-state index is 11.8. The molecular weight excluding hydrogens is 218 g/mol. The third-order valence-electron chi connectivity index (χ3n) is 2.33. The highest BCUT2D eigenvalue weighted by atomic mass is 16.1. The van der Waals surface area contributed by atoms with E-state index >= 15 is 0 Å². The molecule has 0 aliphatic carbocycles. The number of hydrogen-bond donors (Lipinski definition) is 2. The second kappa shape index (κ2) is 4.65. The van der Waals surface area contributed by atoms with Gasteiger partial charge in [0, 0.05) is 19.4 Å². The lowest BCUT2D eigenvalue weighted by atomic mass is 10.3. The lowest BCUT2D eigenvalue weighted by Gasteiger charge is -2.04. The molecule has 0 saturated carbocycles. The van der Waals surface area contributed by atoms with Crippen LogP contribution in [0.15, 0.2) is 30.9 Å². The molecule has 2 aromatic rings. The molecule has 6 nitrogen and oxygen atoms in total. The van der Waals surface area contributed by atoms with Crippen molar-refractivity contribution >= 4 is 11.6 Å². The molecule has 2 rings (SSSR count). The van der Waals surface area contributed by atoms with Gasteiger partial charge in [0.2, 0.25) is 0 Å². The quantitative estimate of drug-likeness (QED) is 0.797. The number of hydrogen-bond acceptors (Lipinski definition) is 4. The van der Waals surface area contributed by atoms with Crippen LogP contribution in [0, 0.1) is 0 Å². The van der Waals surface area contributed by atoms with Gasteiger partial charge in [0.05, 0.1) is 17.9 Å². The smallest absolute Gasteiger partial charge is 0.268 e. The molecule has 1 amide bonds. The van der Waals surface area contributed by atoms with Gasteiger partial charge in [-0.05, 0) is 12.1 Å². The molecule has 0 atom stereocenters. The summed E-state index contributed by atoms with van der Waals surface area (Å²) in [5, 5.41) is 2.76. The zero-order valence-corrected chi connectivity index (χ0v) is 9.42. The minimum atomic E-state index is -0.178. The summed E-state index contributed by atoms with van der Waals surface area (Å²) in [5.41, 5.74) is 7.46. The van der Waals surface area contributed by atoms with E-state index in [-0.39, 0.29) is 5.91 Å². The number of aromatic nitrogens is 3. The summed E-state index contributed by atoms with van der Waals surface area (Å²) in [5.74, 6) is -0.178. The molecule has 0 aliphatic heterocycles. The van der Waals surface area contributed by atoms with Crippen LogP contribution in [-0.2, 0) is 13.6 Å². The molecule has 0 radical (unpaired) electrons. The van der Waals surface area contributed by atoms with Crippen molar-refractivity contribution in [2.45, 2.75) is 6.54 Å². The second-order valence-electron chi connectivity index (χ2n) is 3.65. The lowest BCUT2D eigenvalue weighted by Crippen LogP contribution is -2.25. The van der Waals surface area contributed by atoms with Gasteiger partial charge < -0.3 is 15.6 Å². The van der Waals surface area contributed by atoms with E-state index in [2.05, 4.69) is 15.3 Å². The van der Waals surface area contributed by atoms with Crippen LogP contribution in [-0.4, -0.2) is 20.4 Å². The monoisotopic (exact) mass is 231 g/mol. The van der Waals surface area contributed by atoms with E-state index in [9.17, 15) is 4.79 Å². The first-order chi connectivity index (χ1) is 8.16. The number of carbonyl (C=O) groups excluding carboxylic acids is 1. The molecule has 3 N–H and O–H groups in total. The van der Waals surface area contributed by atoms with E-state index in [0.717, 1.165) is 5.69 Å². The fourth-order valence-electron chi connectivity index (χ4n) is 1.50. The molecule has 2 heterocycles. The summed E-state index contributed by atoms with van der Waals surface area (Å²) in [6, 6.07) is 3.38. The van der Waals surface area contributed by atoms with Crippen LogP contribution in [0.5, 0.6) is 0 Å². The second-order valence-corrected chi connectivity index (χ2v) is 3.65. The first-order valence-electron chi connectivity index (χ1n) is 5.12. The Labute approximate surface area is 98.5 Å². The fraction of sp³-hybridized carbons (Fsp3) is 0.182. The van der Waals surface area contributed by atoms with Crippen LogP contribution in [0.3, 0.4) is 0 Å². The van der Waals surface area contributed by atoms with Gasteiger partial charge in [0.1, 0.15) is 12.0 Å². The van der Waals surface area contributed by atoms with Gasteiger partial charge in [-0.2, -0.15) is 0 Å². The van der Waals surface area contributed by atoms with Gasteiger partial charge in [0.15, 0.2) is 0 Å². The molecule has 0 unspecified atom stereocenters. The van der Waals surface area contributed by atoms with Gasteiger partial charge >= 0.3 is 0 Å². The number of aryl methyl sites for hydroxylation is 1. The number of carbonyl (C=O) groups is 1. The third kappa shape index (κ3) is 2.60. The number of nitrogens with two attached hydrogens (primary N) is 1. The molecule has 0 bridgehead atoms. The van der Waals surface area contributed by atoms with E-state index < -0.39 is 0 Å². The standard InChI is InChI=1S/C11H13N5O/c1-16-6-8(12)4-10(16)11(17)14-5-9-2-3-13-7-15-9/h2-4,6-7H,5,12H2,1H3,(H,14,17). The first kappa shape index (κ1) is 11.1. The van der Waals surface area contributed by atoms with Crippen molar-refractivity contribution in [3.63, 3.8) is 0 Å². The van der Waals surface area contributed by atoms with Gasteiger partial charge in [-0.1, -0.05) is 0 Å². The average Bonchev–Trinajstić information content (AvgIpc) is 2.67. The topological polar surface area (TPSA) is 85.8 Å². The summed E-state index contributed by atoms with van der Waals surface area (Å²) in [6.45, 7) is 0.367. The van der Waals surface area contributed by atoms with Crippen LogP contribution in [0.1, 0.15) is 16.2 Å². The molecule has 0 spiro atoms. The summed E-state index contributed by atoms with van der Waals surface area (Å²) in [6.07, 6.45) is 4.77. The van der Waals surface area contributed by atoms with Gasteiger partial charge in [-0.3, -0.25) is 4.79 Å². The van der Waals surface area contributed by atoms with Gasteiger partial charge in [-0.15, -0.1) is 0 Å². The van der Waals surface area contributed by atoms with E-state index in [0.29, 0.717) is 17.9 Å². The Bertz CT molecular complexity index is 520. The fourth-order valence-corrected chi connectivity index (χ4v) is 1.50. The zero-order chi connectivity index (χ0) is 12.3. The van der Waals surface area contributed by atoms with Crippen LogP contribution in [0.25, 0.3) is 0 Å². The number of anilines is 1. The molecule has 0 fully saturated rings. The van der Waals surface area contributed by atoms with Crippen molar-refractivity contribution in [2.24, 2.45) is 7.05 Å². The van der Waals surface area contributed by atoms with Crippen LogP contribution in [0.4, 0.5) is 5.69 Å². The number of rotatable bonds is 3. The molecular formula is C11H13N5O. The van der Waals surface area contributed by atoms with Crippen molar-refractivity contribution in [2.75, 3.05) is 5.73 Å². The highest BCUT2D eigenvalue weighted by Gasteiger charge is 2.10. The van der Waals surface area contributed by atoms with Crippen molar-refractivity contribution in [1.29, 1.82) is 0 Å². The average molecular weight is 231 g/mol. The zero-order valence-electron chi connectivity index (χ0n) is 9.42. The number of amides is 1. The van der Waals surface area contributed by atoms with Crippen LogP contribution < -0.4 is 11.1 Å². The Morgan fingerprint density at radius 2 is 2.41 bits per heavy atom. The van der Waals surface area contributed by atoms with E-state index in [4.69, 9.17) is 5.73 Å². The summed E-state index contributed by atoms with van der Waals surface area (Å²) < 4.78 is 1.69. The van der Waals surface area contributed by atoms with Gasteiger partial charge in [-0.25, -0.2) is 9.97 Å². The SMILES string of the molecule is Cn1cc(N)cc1C(=O)NCc1ccncn1. The molecule has 0 aromatic carbocycles. The number of nitrogens with zero attached hydrogens (tertiary/aromatic N) is 3. The first-order valence-corrected chi connectivity index (χ1v) is 5.12. The Hall–Kier alpha value is -2.37. The molecule has 0 saturated heterocycles. The van der Waals surface area contributed by atoms with Gasteiger partial charge in [0.25, 0.3) is 5.91 Å². The number of nitrogens with one attached hydrogen (secondary N) is 1. The Balaban J connectivity index is 2.01. The lowest BCUT2D eigenvalue weighted by molar-refractivity contribution is 0.0942. The Kier molecular flexibility index (Phi) is 3.04. The maximum Gasteiger partial charge on any atom is 0.268 e. The normalized spacial score (nSPS) is 10.2. The van der Waals surface area contributed by atoms with Crippen LogP contribution in [0.2, 0.25) is 0 Å². The Morgan fingerprint density at radius 1 is 1.59 bits per heavy atom. The molecule has 6 heteroatoms. The van der Waals surface area contributed by atoms with Crippen molar-refractivity contribution < 1.29 is 4.79 Å². The summed E-state index contributed by atoms with van der Waals surface area (Å²) in [7, 11) is 1.77. The molecule has 17 heavy (non-hydrogen) atoms. The molecule has 2 aromatic heterocycles. The minimum Gasteiger partial charge on any atom is -0.397 e. The Morgan fingerprint density at radius 3 is 3.00 bits per heavy atom. The highest BCUT2D eigenvalue weighted by Crippen LogP contribution is 2.08. The molecule has 88 valence electrons. The van der Waals surface area contributed by atoms with Crippen molar-refractivity contribution in [1.82, 2.24) is 19.9 Å². The van der Waals surface area contributed by atoms with Crippen molar-refractivity contribution in [3.05, 3.63) is 42.2 Å². The van der Waals surface area contributed by atoms with Crippen molar-refractivity contribution in [3.8, 4) is 0 Å². The maximum absolute atomic E-state index is 11.8. The molecule has 0 aliphatic rings.